The first kappa shape index (κ1) is 21.3. The van der Waals surface area contributed by atoms with E-state index in [0.717, 1.165) is 36.0 Å². The van der Waals surface area contributed by atoms with E-state index >= 15 is 0 Å². The van der Waals surface area contributed by atoms with Gasteiger partial charge in [-0.1, -0.05) is 28.1 Å². The zero-order valence-electron chi connectivity index (χ0n) is 17.0. The Balaban J connectivity index is 1.73. The first-order chi connectivity index (χ1) is 13.5. The summed E-state index contributed by atoms with van der Waals surface area (Å²) in [5.74, 6) is 0.486. The van der Waals surface area contributed by atoms with Crippen molar-refractivity contribution in [3.8, 4) is 0 Å². The highest BCUT2D eigenvalue weighted by atomic mass is 79.9. The van der Waals surface area contributed by atoms with Gasteiger partial charge in [0.15, 0.2) is 0 Å². The smallest absolute Gasteiger partial charge is 0.233 e. The summed E-state index contributed by atoms with van der Waals surface area (Å²) in [6.07, 6.45) is 2.94. The Hall–Kier alpha value is -1.40. The fraction of sp³-hybridized carbons (Fsp3) is 0.636. The van der Waals surface area contributed by atoms with Crippen LogP contribution in [0.3, 0.4) is 0 Å². The third-order valence-corrected chi connectivity index (χ3v) is 6.89. The van der Waals surface area contributed by atoms with Crippen LogP contribution in [0.25, 0.3) is 0 Å². The van der Waals surface area contributed by atoms with E-state index in [1.54, 1.807) is 0 Å². The molecule has 2 fully saturated rings. The van der Waals surface area contributed by atoms with Gasteiger partial charge in [-0.25, -0.2) is 0 Å². The van der Waals surface area contributed by atoms with Crippen molar-refractivity contribution in [3.63, 3.8) is 0 Å². The molecule has 0 aromatic heterocycles. The number of nitrogens with zero attached hydrogens (tertiary/aromatic N) is 2. The van der Waals surface area contributed by atoms with E-state index in [1.165, 1.54) is 0 Å². The lowest BCUT2D eigenvalue weighted by molar-refractivity contribution is -0.146. The number of rotatable bonds is 5. The third-order valence-electron chi connectivity index (χ3n) is 6.36. The first-order valence-corrected chi connectivity index (χ1v) is 11.2. The molecule has 5 nitrogen and oxygen atoms in total. The molecule has 28 heavy (non-hydrogen) atoms. The van der Waals surface area contributed by atoms with Gasteiger partial charge in [0.2, 0.25) is 11.8 Å². The van der Waals surface area contributed by atoms with Crippen LogP contribution in [0.15, 0.2) is 28.7 Å². The molecule has 0 unspecified atom stereocenters. The largest absolute Gasteiger partial charge is 0.381 e. The molecule has 0 spiro atoms. The Kier molecular flexibility index (Phi) is 7.15. The van der Waals surface area contributed by atoms with Gasteiger partial charge in [-0.05, 0) is 57.2 Å². The third kappa shape index (κ3) is 4.28. The highest BCUT2D eigenvalue weighted by Crippen LogP contribution is 2.38. The molecule has 1 aromatic carbocycles. The monoisotopic (exact) mass is 450 g/mol. The molecule has 3 rings (SSSR count). The maximum absolute atomic E-state index is 13.6. The van der Waals surface area contributed by atoms with E-state index in [1.807, 2.05) is 35.8 Å². The molecule has 0 saturated carbocycles. The van der Waals surface area contributed by atoms with Crippen LogP contribution in [-0.4, -0.2) is 61.0 Å². The Bertz CT molecular complexity index is 674. The van der Waals surface area contributed by atoms with Crippen LogP contribution < -0.4 is 0 Å². The number of hydrogen-bond acceptors (Lipinski definition) is 3. The summed E-state index contributed by atoms with van der Waals surface area (Å²) in [5, 5.41) is 0. The molecule has 0 atom stereocenters. The second kappa shape index (κ2) is 9.40. The normalized spacial score (nSPS) is 20.0. The summed E-state index contributed by atoms with van der Waals surface area (Å²) < 4.78 is 6.59. The zero-order chi connectivity index (χ0) is 20.1. The Morgan fingerprint density at radius 1 is 1.11 bits per heavy atom. The summed E-state index contributed by atoms with van der Waals surface area (Å²) in [4.78, 5) is 30.2. The molecule has 2 saturated heterocycles. The van der Waals surface area contributed by atoms with E-state index in [9.17, 15) is 9.59 Å². The molecule has 0 aliphatic carbocycles. The molecule has 0 N–H and O–H groups in total. The molecule has 0 bridgehead atoms. The maximum atomic E-state index is 13.6. The first-order valence-electron chi connectivity index (χ1n) is 10.4. The van der Waals surface area contributed by atoms with Crippen molar-refractivity contribution in [1.82, 2.24) is 9.80 Å². The lowest BCUT2D eigenvalue weighted by Crippen LogP contribution is -2.53. The molecule has 0 radical (unpaired) electrons. The summed E-state index contributed by atoms with van der Waals surface area (Å²) in [5.41, 5.74) is 0.569. The second-order valence-electron chi connectivity index (χ2n) is 7.78. The van der Waals surface area contributed by atoms with E-state index in [0.29, 0.717) is 39.1 Å². The molecule has 6 heteroatoms. The van der Waals surface area contributed by atoms with Crippen molar-refractivity contribution in [2.45, 2.75) is 44.9 Å². The topological polar surface area (TPSA) is 49.9 Å². The van der Waals surface area contributed by atoms with Crippen molar-refractivity contribution in [1.29, 1.82) is 0 Å². The van der Waals surface area contributed by atoms with Gasteiger partial charge in [-0.2, -0.15) is 0 Å². The van der Waals surface area contributed by atoms with Gasteiger partial charge in [-0.3, -0.25) is 9.59 Å². The van der Waals surface area contributed by atoms with Gasteiger partial charge >= 0.3 is 0 Å². The minimum atomic E-state index is -0.505. The summed E-state index contributed by atoms with van der Waals surface area (Å²) in [6.45, 7) is 8.09. The number of ether oxygens (including phenoxy) is 1. The minimum Gasteiger partial charge on any atom is -0.381 e. The molecule has 1 aromatic rings. The number of amides is 2. The average molecular weight is 451 g/mol. The molecule has 2 heterocycles. The second-order valence-corrected chi connectivity index (χ2v) is 8.69. The number of hydrogen-bond donors (Lipinski definition) is 0. The van der Waals surface area contributed by atoms with Crippen LogP contribution in [0, 0.1) is 5.92 Å². The standard InChI is InChI=1S/C22H31BrN2O3/c1-3-24(4-2)20(26)17-9-13-25(14-10-17)21(27)22(11-15-28-16-12-22)18-5-7-19(23)8-6-18/h5-8,17H,3-4,9-16H2,1-2H3. The fourth-order valence-corrected chi connectivity index (χ4v) is 4.80. The predicted molar refractivity (Wildman–Crippen MR) is 113 cm³/mol. The predicted octanol–water partition coefficient (Wildman–Crippen LogP) is 3.60. The average Bonchev–Trinajstić information content (AvgIpc) is 2.75. The number of carbonyl (C=O) groups is 2. The molecular weight excluding hydrogens is 420 g/mol. The van der Waals surface area contributed by atoms with Crippen LogP contribution in [-0.2, 0) is 19.7 Å². The van der Waals surface area contributed by atoms with E-state index < -0.39 is 5.41 Å². The molecule has 2 amide bonds. The van der Waals surface area contributed by atoms with E-state index in [-0.39, 0.29) is 17.7 Å². The van der Waals surface area contributed by atoms with Crippen LogP contribution in [0.2, 0.25) is 0 Å². The lowest BCUT2D eigenvalue weighted by Gasteiger charge is -2.42. The summed E-state index contributed by atoms with van der Waals surface area (Å²) in [6, 6.07) is 8.14. The fourth-order valence-electron chi connectivity index (χ4n) is 4.54. The van der Waals surface area contributed by atoms with E-state index in [2.05, 4.69) is 28.1 Å². The van der Waals surface area contributed by atoms with Crippen molar-refractivity contribution >= 4 is 27.7 Å². The van der Waals surface area contributed by atoms with Crippen LogP contribution in [0.5, 0.6) is 0 Å². The van der Waals surface area contributed by atoms with Crippen LogP contribution in [0.4, 0.5) is 0 Å². The van der Waals surface area contributed by atoms with Gasteiger partial charge in [-0.15, -0.1) is 0 Å². The summed E-state index contributed by atoms with van der Waals surface area (Å²) >= 11 is 3.49. The molecule has 2 aliphatic heterocycles. The van der Waals surface area contributed by atoms with Gasteiger partial charge in [0.1, 0.15) is 0 Å². The number of halogens is 1. The minimum absolute atomic E-state index is 0.0438. The molecule has 2 aliphatic rings. The molecule has 154 valence electrons. The highest BCUT2D eigenvalue weighted by Gasteiger charge is 2.45. The van der Waals surface area contributed by atoms with Crippen LogP contribution >= 0.6 is 15.9 Å². The Morgan fingerprint density at radius 3 is 2.21 bits per heavy atom. The highest BCUT2D eigenvalue weighted by molar-refractivity contribution is 9.10. The number of carbonyl (C=O) groups excluding carboxylic acids is 2. The SMILES string of the molecule is CCN(CC)C(=O)C1CCN(C(=O)C2(c3ccc(Br)cc3)CCOCC2)CC1. The number of piperidine rings is 1. The Morgan fingerprint density at radius 2 is 1.68 bits per heavy atom. The van der Waals surface area contributed by atoms with Crippen LogP contribution in [0.1, 0.15) is 45.1 Å². The van der Waals surface area contributed by atoms with Crippen molar-refractivity contribution in [2.24, 2.45) is 5.92 Å². The zero-order valence-corrected chi connectivity index (χ0v) is 18.5. The Labute approximate surface area is 176 Å². The maximum Gasteiger partial charge on any atom is 0.233 e. The van der Waals surface area contributed by atoms with Crippen molar-refractivity contribution in [3.05, 3.63) is 34.3 Å². The number of likely N-dealkylation sites (tertiary alicyclic amines) is 1. The summed E-state index contributed by atoms with van der Waals surface area (Å²) in [7, 11) is 0. The van der Waals surface area contributed by atoms with Gasteiger partial charge in [0.05, 0.1) is 5.41 Å². The van der Waals surface area contributed by atoms with Gasteiger partial charge < -0.3 is 14.5 Å². The quantitative estimate of drug-likeness (QED) is 0.688. The number of benzene rings is 1. The molecular formula is C22H31BrN2O3. The van der Waals surface area contributed by atoms with Crippen molar-refractivity contribution in [2.75, 3.05) is 39.4 Å². The van der Waals surface area contributed by atoms with E-state index in [4.69, 9.17) is 4.74 Å². The van der Waals surface area contributed by atoms with Crippen molar-refractivity contribution < 1.29 is 14.3 Å². The van der Waals surface area contributed by atoms with Gasteiger partial charge in [0, 0.05) is 49.8 Å². The lowest BCUT2D eigenvalue weighted by atomic mass is 9.72. The van der Waals surface area contributed by atoms with Gasteiger partial charge in [0.25, 0.3) is 0 Å².